The maximum absolute atomic E-state index is 13.1. The Morgan fingerprint density at radius 2 is 2.24 bits per heavy atom. The van der Waals surface area contributed by atoms with Gasteiger partial charge in [-0.15, -0.1) is 0 Å². The molecule has 0 atom stereocenters. The van der Waals surface area contributed by atoms with E-state index >= 15 is 0 Å². The van der Waals surface area contributed by atoms with Gasteiger partial charge in [0.25, 0.3) is 0 Å². The predicted molar refractivity (Wildman–Crippen MR) is 63.4 cm³/mol. The van der Waals surface area contributed by atoms with Crippen molar-refractivity contribution in [2.24, 2.45) is 0 Å². The molecule has 1 heterocycles. The Balaban J connectivity index is 1.74. The molecule has 1 aliphatic rings. The van der Waals surface area contributed by atoms with E-state index in [1.54, 1.807) is 10.7 Å². The third-order valence-corrected chi connectivity index (χ3v) is 2.87. The van der Waals surface area contributed by atoms with Crippen LogP contribution in [-0.4, -0.2) is 15.8 Å². The molecule has 0 bridgehead atoms. The highest BCUT2D eigenvalue weighted by molar-refractivity contribution is 5.31. The van der Waals surface area contributed by atoms with Gasteiger partial charge in [0, 0.05) is 18.8 Å². The predicted octanol–water partition coefficient (Wildman–Crippen LogP) is 2.26. The standard InChI is InChI=1S/C13H14FN3/c14-10-2-1-3-13(8-10)17-7-6-12(16-17)9-15-11-4-5-11/h1-3,6-8,11,15H,4-5,9H2. The van der Waals surface area contributed by atoms with Crippen LogP contribution in [0.5, 0.6) is 0 Å². The molecule has 1 aromatic carbocycles. The third kappa shape index (κ3) is 2.53. The molecule has 0 amide bonds. The van der Waals surface area contributed by atoms with Crippen molar-refractivity contribution in [3.8, 4) is 5.69 Å². The summed E-state index contributed by atoms with van der Waals surface area (Å²) in [7, 11) is 0. The first-order valence-corrected chi connectivity index (χ1v) is 5.85. The lowest BCUT2D eigenvalue weighted by atomic mass is 10.3. The molecule has 2 aromatic rings. The van der Waals surface area contributed by atoms with Gasteiger partial charge in [-0.05, 0) is 37.1 Å². The lowest BCUT2D eigenvalue weighted by Gasteiger charge is -2.01. The summed E-state index contributed by atoms with van der Waals surface area (Å²) in [6.07, 6.45) is 4.40. The van der Waals surface area contributed by atoms with Gasteiger partial charge in [-0.25, -0.2) is 9.07 Å². The summed E-state index contributed by atoms with van der Waals surface area (Å²) in [5.41, 5.74) is 1.74. The minimum absolute atomic E-state index is 0.240. The van der Waals surface area contributed by atoms with Gasteiger partial charge in [0.1, 0.15) is 5.82 Å². The number of halogens is 1. The molecule has 1 aromatic heterocycles. The Morgan fingerprint density at radius 1 is 1.35 bits per heavy atom. The normalized spacial score (nSPS) is 15.1. The molecule has 0 radical (unpaired) electrons. The summed E-state index contributed by atoms with van der Waals surface area (Å²) < 4.78 is 14.8. The largest absolute Gasteiger partial charge is 0.308 e. The van der Waals surface area contributed by atoms with Crippen LogP contribution in [0, 0.1) is 5.82 Å². The van der Waals surface area contributed by atoms with E-state index in [0.717, 1.165) is 17.9 Å². The highest BCUT2D eigenvalue weighted by Gasteiger charge is 2.20. The van der Waals surface area contributed by atoms with Crippen molar-refractivity contribution in [2.45, 2.75) is 25.4 Å². The number of hydrogen-bond acceptors (Lipinski definition) is 2. The quantitative estimate of drug-likeness (QED) is 0.874. The number of aromatic nitrogens is 2. The number of benzene rings is 1. The summed E-state index contributed by atoms with van der Waals surface area (Å²) >= 11 is 0. The van der Waals surface area contributed by atoms with Crippen LogP contribution in [0.4, 0.5) is 4.39 Å². The van der Waals surface area contributed by atoms with Crippen LogP contribution in [0.15, 0.2) is 36.5 Å². The summed E-state index contributed by atoms with van der Waals surface area (Å²) in [6, 6.07) is 9.07. The second kappa shape index (κ2) is 4.30. The van der Waals surface area contributed by atoms with E-state index in [-0.39, 0.29) is 5.82 Å². The molecule has 1 fully saturated rings. The zero-order valence-electron chi connectivity index (χ0n) is 9.44. The Kier molecular flexibility index (Phi) is 2.65. The fraction of sp³-hybridized carbons (Fsp3) is 0.308. The molecular formula is C13H14FN3. The molecule has 0 spiro atoms. The minimum Gasteiger partial charge on any atom is -0.308 e. The average Bonchev–Trinajstić information content (AvgIpc) is 3.04. The lowest BCUT2D eigenvalue weighted by molar-refractivity contribution is 0.624. The van der Waals surface area contributed by atoms with Crippen LogP contribution in [0.2, 0.25) is 0 Å². The molecule has 17 heavy (non-hydrogen) atoms. The monoisotopic (exact) mass is 231 g/mol. The summed E-state index contributed by atoms with van der Waals surface area (Å²) in [4.78, 5) is 0. The average molecular weight is 231 g/mol. The van der Waals surface area contributed by atoms with Crippen LogP contribution in [0.3, 0.4) is 0 Å². The molecule has 3 rings (SSSR count). The molecular weight excluding hydrogens is 217 g/mol. The lowest BCUT2D eigenvalue weighted by Crippen LogP contribution is -2.15. The fourth-order valence-electron chi connectivity index (χ4n) is 1.75. The zero-order chi connectivity index (χ0) is 11.7. The molecule has 0 saturated heterocycles. The molecule has 1 aliphatic carbocycles. The van der Waals surface area contributed by atoms with Gasteiger partial charge in [0.05, 0.1) is 11.4 Å². The van der Waals surface area contributed by atoms with Crippen LogP contribution >= 0.6 is 0 Å². The molecule has 3 nitrogen and oxygen atoms in total. The summed E-state index contributed by atoms with van der Waals surface area (Å²) in [5.74, 6) is -0.240. The van der Waals surface area contributed by atoms with Crippen LogP contribution in [0.1, 0.15) is 18.5 Å². The number of nitrogens with one attached hydrogen (secondary N) is 1. The molecule has 1 saturated carbocycles. The first kappa shape index (κ1) is 10.5. The van der Waals surface area contributed by atoms with Gasteiger partial charge in [0.2, 0.25) is 0 Å². The van der Waals surface area contributed by atoms with Crippen molar-refractivity contribution in [3.05, 3.63) is 48.0 Å². The summed E-state index contributed by atoms with van der Waals surface area (Å²) in [6.45, 7) is 0.785. The number of hydrogen-bond donors (Lipinski definition) is 1. The smallest absolute Gasteiger partial charge is 0.125 e. The van der Waals surface area contributed by atoms with Crippen molar-refractivity contribution in [3.63, 3.8) is 0 Å². The second-order valence-electron chi connectivity index (χ2n) is 4.39. The first-order valence-electron chi connectivity index (χ1n) is 5.85. The van der Waals surface area contributed by atoms with Crippen molar-refractivity contribution >= 4 is 0 Å². The highest BCUT2D eigenvalue weighted by atomic mass is 19.1. The molecule has 88 valence electrons. The van der Waals surface area contributed by atoms with Crippen molar-refractivity contribution in [1.82, 2.24) is 15.1 Å². The minimum atomic E-state index is -0.240. The van der Waals surface area contributed by atoms with Crippen LogP contribution in [0.25, 0.3) is 5.69 Å². The Bertz CT molecular complexity index is 517. The van der Waals surface area contributed by atoms with Crippen molar-refractivity contribution < 1.29 is 4.39 Å². The van der Waals surface area contributed by atoms with E-state index in [1.165, 1.54) is 25.0 Å². The van der Waals surface area contributed by atoms with Gasteiger partial charge in [-0.2, -0.15) is 5.10 Å². The van der Waals surface area contributed by atoms with Gasteiger partial charge in [-0.1, -0.05) is 6.07 Å². The first-order chi connectivity index (χ1) is 8.31. The molecule has 4 heteroatoms. The highest BCUT2D eigenvalue weighted by Crippen LogP contribution is 2.19. The van der Waals surface area contributed by atoms with E-state index in [0.29, 0.717) is 6.04 Å². The van der Waals surface area contributed by atoms with Gasteiger partial charge in [-0.3, -0.25) is 0 Å². The Labute approximate surface area is 99.3 Å². The van der Waals surface area contributed by atoms with E-state index in [4.69, 9.17) is 0 Å². The zero-order valence-corrected chi connectivity index (χ0v) is 9.44. The van der Waals surface area contributed by atoms with Gasteiger partial charge in [0.15, 0.2) is 0 Å². The molecule has 0 unspecified atom stereocenters. The van der Waals surface area contributed by atoms with E-state index in [9.17, 15) is 4.39 Å². The maximum atomic E-state index is 13.1. The number of nitrogens with zero attached hydrogens (tertiary/aromatic N) is 2. The topological polar surface area (TPSA) is 29.9 Å². The summed E-state index contributed by atoms with van der Waals surface area (Å²) in [5, 5.41) is 7.81. The molecule has 1 N–H and O–H groups in total. The van der Waals surface area contributed by atoms with Crippen molar-refractivity contribution in [2.75, 3.05) is 0 Å². The Morgan fingerprint density at radius 3 is 3.00 bits per heavy atom. The van der Waals surface area contributed by atoms with E-state index in [1.807, 2.05) is 18.3 Å². The maximum Gasteiger partial charge on any atom is 0.125 e. The van der Waals surface area contributed by atoms with E-state index in [2.05, 4.69) is 10.4 Å². The van der Waals surface area contributed by atoms with Gasteiger partial charge >= 0.3 is 0 Å². The number of rotatable bonds is 4. The van der Waals surface area contributed by atoms with Crippen LogP contribution < -0.4 is 5.32 Å². The second-order valence-corrected chi connectivity index (χ2v) is 4.39. The van der Waals surface area contributed by atoms with Gasteiger partial charge < -0.3 is 5.32 Å². The molecule has 0 aliphatic heterocycles. The third-order valence-electron chi connectivity index (χ3n) is 2.87. The van der Waals surface area contributed by atoms with Crippen LogP contribution in [-0.2, 0) is 6.54 Å². The fourth-order valence-corrected chi connectivity index (χ4v) is 1.75. The van der Waals surface area contributed by atoms with E-state index < -0.39 is 0 Å². The Hall–Kier alpha value is -1.68. The van der Waals surface area contributed by atoms with Crippen molar-refractivity contribution in [1.29, 1.82) is 0 Å². The SMILES string of the molecule is Fc1cccc(-n2ccc(CNC3CC3)n2)c1.